The van der Waals surface area contributed by atoms with Crippen LogP contribution in [0.4, 0.5) is 0 Å². The summed E-state index contributed by atoms with van der Waals surface area (Å²) in [5.74, 6) is 0. The maximum Gasteiger partial charge on any atom is -0.00108 e. The molecule has 0 saturated heterocycles. The molecule has 0 fully saturated rings. The third-order valence-corrected chi connectivity index (χ3v) is 7.53. The Morgan fingerprint density at radius 3 is 2.19 bits per heavy atom. The summed E-state index contributed by atoms with van der Waals surface area (Å²) in [5, 5.41) is 2.55. The van der Waals surface area contributed by atoms with E-state index in [1.807, 2.05) is 39.0 Å². The average Bonchev–Trinajstić information content (AvgIpc) is 3.04. The van der Waals surface area contributed by atoms with Gasteiger partial charge in [0.1, 0.15) is 0 Å². The maximum absolute atomic E-state index is 3.84. The molecule has 214 valence electrons. The Morgan fingerprint density at radius 1 is 0.810 bits per heavy atom. The number of allylic oxidation sites excluding steroid dienone is 17. The van der Waals surface area contributed by atoms with E-state index in [4.69, 9.17) is 0 Å². The number of benzene rings is 3. The van der Waals surface area contributed by atoms with Gasteiger partial charge in [-0.25, -0.2) is 0 Å². The zero-order chi connectivity index (χ0) is 29.0. The second-order valence-corrected chi connectivity index (χ2v) is 10.0. The summed E-state index contributed by atoms with van der Waals surface area (Å²) in [5.41, 5.74) is 12.0. The molecule has 0 nitrogen and oxygen atoms in total. The largest absolute Gasteiger partial charge is 0.0991 e. The summed E-state index contributed by atoms with van der Waals surface area (Å²) in [7, 11) is 0. The monoisotopic (exact) mass is 550 g/mol. The number of hydrogen-bond acceptors (Lipinski definition) is 0. The minimum atomic E-state index is 0. The van der Waals surface area contributed by atoms with Crippen LogP contribution < -0.4 is 0 Å². The molecule has 3 aromatic carbocycles. The highest BCUT2D eigenvalue weighted by atomic mass is 14.2. The van der Waals surface area contributed by atoms with E-state index in [2.05, 4.69) is 129 Å². The predicted molar refractivity (Wildman–Crippen MR) is 190 cm³/mol. The van der Waals surface area contributed by atoms with Crippen LogP contribution in [0.2, 0.25) is 0 Å². The quantitative estimate of drug-likeness (QED) is 0.245. The van der Waals surface area contributed by atoms with Crippen molar-refractivity contribution < 1.29 is 0 Å². The summed E-state index contributed by atoms with van der Waals surface area (Å²) in [6.45, 7) is 12.0. The number of rotatable bonds is 8. The van der Waals surface area contributed by atoms with E-state index in [0.29, 0.717) is 0 Å². The molecule has 2 aliphatic carbocycles. The van der Waals surface area contributed by atoms with Crippen molar-refractivity contribution in [3.05, 3.63) is 174 Å². The van der Waals surface area contributed by atoms with Gasteiger partial charge in [-0.2, -0.15) is 0 Å². The molecule has 42 heavy (non-hydrogen) atoms. The zero-order valence-corrected chi connectivity index (χ0v) is 25.0. The van der Waals surface area contributed by atoms with E-state index in [1.165, 1.54) is 60.9 Å². The molecular weight excluding hydrogens is 504 g/mol. The molecule has 0 atom stereocenters. The van der Waals surface area contributed by atoms with Crippen molar-refractivity contribution in [3.63, 3.8) is 0 Å². The highest BCUT2D eigenvalue weighted by Gasteiger charge is 2.20. The van der Waals surface area contributed by atoms with Gasteiger partial charge in [-0.3, -0.25) is 0 Å². The summed E-state index contributed by atoms with van der Waals surface area (Å²) < 4.78 is 0. The van der Waals surface area contributed by atoms with Gasteiger partial charge in [0.25, 0.3) is 0 Å². The van der Waals surface area contributed by atoms with Crippen LogP contribution in [0.25, 0.3) is 27.5 Å². The molecule has 0 unspecified atom stereocenters. The van der Waals surface area contributed by atoms with Crippen LogP contribution in [0.15, 0.2) is 162 Å². The maximum atomic E-state index is 3.84. The van der Waals surface area contributed by atoms with Crippen molar-refractivity contribution in [2.75, 3.05) is 0 Å². The summed E-state index contributed by atoms with van der Waals surface area (Å²) in [6.07, 6.45) is 28.7. The van der Waals surface area contributed by atoms with Crippen LogP contribution in [-0.2, 0) is 6.42 Å². The molecule has 5 rings (SSSR count). The van der Waals surface area contributed by atoms with Crippen LogP contribution >= 0.6 is 0 Å². The van der Waals surface area contributed by atoms with Crippen LogP contribution in [0, 0.1) is 0 Å². The molecule has 2 aliphatic rings. The Bertz CT molecular complexity index is 1620. The Hall–Kier alpha value is -4.42. The van der Waals surface area contributed by atoms with E-state index in [-0.39, 0.29) is 7.43 Å². The van der Waals surface area contributed by atoms with Gasteiger partial charge in [0.05, 0.1) is 0 Å². The number of fused-ring (bicyclic) bond motifs is 2. The molecule has 0 heteroatoms. The molecule has 0 heterocycles. The summed E-state index contributed by atoms with van der Waals surface area (Å²) >= 11 is 0. The minimum Gasteiger partial charge on any atom is -0.0991 e. The smallest absolute Gasteiger partial charge is 0.00108 e. The fourth-order valence-electron chi connectivity index (χ4n) is 5.39. The first kappa shape index (κ1) is 32.1. The molecular formula is C42H46. The SMILES string of the molecule is C.C=C/C=C\C(=C\C)C1=C2CC(c3ccc4cc(-c5ccc(C/C=C\C=C/C)cc5)ccc4c3)=CC=C2C=CC1.CC. The van der Waals surface area contributed by atoms with Crippen LogP contribution in [0.1, 0.15) is 59.1 Å². The van der Waals surface area contributed by atoms with Crippen molar-refractivity contribution in [1.82, 2.24) is 0 Å². The summed E-state index contributed by atoms with van der Waals surface area (Å²) in [6, 6.07) is 22.7. The second-order valence-electron chi connectivity index (χ2n) is 10.0. The Balaban J connectivity index is 0.00000158. The Labute approximate surface area is 254 Å². The zero-order valence-electron chi connectivity index (χ0n) is 25.0. The minimum absolute atomic E-state index is 0. The van der Waals surface area contributed by atoms with Gasteiger partial charge in [0.2, 0.25) is 0 Å². The van der Waals surface area contributed by atoms with Gasteiger partial charge >= 0.3 is 0 Å². The predicted octanol–water partition coefficient (Wildman–Crippen LogP) is 12.5. The van der Waals surface area contributed by atoms with Crippen LogP contribution in [0.5, 0.6) is 0 Å². The fraction of sp³-hybridized carbons (Fsp3) is 0.190. The van der Waals surface area contributed by atoms with Crippen molar-refractivity contribution >= 4 is 16.3 Å². The molecule has 0 N–H and O–H groups in total. The van der Waals surface area contributed by atoms with E-state index in [1.54, 1.807) is 0 Å². The lowest BCUT2D eigenvalue weighted by atomic mass is 9.80. The highest BCUT2D eigenvalue weighted by Crippen LogP contribution is 2.40. The molecule has 0 amide bonds. The van der Waals surface area contributed by atoms with Gasteiger partial charge < -0.3 is 0 Å². The molecule has 0 radical (unpaired) electrons. The first-order valence-electron chi connectivity index (χ1n) is 14.9. The highest BCUT2D eigenvalue weighted by molar-refractivity contribution is 5.91. The lowest BCUT2D eigenvalue weighted by molar-refractivity contribution is 1.09. The topological polar surface area (TPSA) is 0 Å². The third kappa shape index (κ3) is 7.65. The van der Waals surface area contributed by atoms with Gasteiger partial charge in [-0.1, -0.05) is 149 Å². The average molecular weight is 551 g/mol. The first-order chi connectivity index (χ1) is 20.2. The van der Waals surface area contributed by atoms with E-state index in [9.17, 15) is 0 Å². The van der Waals surface area contributed by atoms with Crippen molar-refractivity contribution in [3.8, 4) is 11.1 Å². The number of hydrogen-bond donors (Lipinski definition) is 0. The molecule has 0 aromatic heterocycles. The molecule has 0 spiro atoms. The molecule has 0 saturated carbocycles. The summed E-state index contributed by atoms with van der Waals surface area (Å²) in [4.78, 5) is 0. The van der Waals surface area contributed by atoms with E-state index >= 15 is 0 Å². The fourth-order valence-corrected chi connectivity index (χ4v) is 5.39. The second kappa shape index (κ2) is 16.1. The molecule has 0 aliphatic heterocycles. The third-order valence-electron chi connectivity index (χ3n) is 7.53. The van der Waals surface area contributed by atoms with Crippen LogP contribution in [0.3, 0.4) is 0 Å². The van der Waals surface area contributed by atoms with Gasteiger partial charge in [-0.15, -0.1) is 0 Å². The molecule has 0 bridgehead atoms. The van der Waals surface area contributed by atoms with Gasteiger partial charge in [-0.05, 0) is 106 Å². The van der Waals surface area contributed by atoms with E-state index < -0.39 is 0 Å². The lowest BCUT2D eigenvalue weighted by Gasteiger charge is -2.24. The first-order valence-corrected chi connectivity index (χ1v) is 14.9. The van der Waals surface area contributed by atoms with Gasteiger partial charge in [0.15, 0.2) is 0 Å². The molecule has 3 aromatic rings. The van der Waals surface area contributed by atoms with Gasteiger partial charge in [0, 0.05) is 0 Å². The van der Waals surface area contributed by atoms with Crippen molar-refractivity contribution in [1.29, 1.82) is 0 Å². The Kier molecular flexibility index (Phi) is 12.3. The normalized spacial score (nSPS) is 14.9. The standard InChI is InChI=1S/C39H36.C2H6.CH4/c1-4-7-9-10-12-29-16-18-31(19-17-29)33-22-23-35-27-36(25-24-34(35)26-33)37-21-20-32-14-11-15-38(39(32)28-37)30(6-3)13-8-5-2;1-2;/h4-11,13-14,16-27H,2,12,15,28H2,1,3H3;1-2H3;1H4/b7-4-,10-9-,13-8-,30-6-;;. The van der Waals surface area contributed by atoms with Crippen LogP contribution in [-0.4, -0.2) is 0 Å². The van der Waals surface area contributed by atoms with Crippen molar-refractivity contribution in [2.24, 2.45) is 0 Å². The van der Waals surface area contributed by atoms with E-state index in [0.717, 1.165) is 19.3 Å². The lowest BCUT2D eigenvalue weighted by Crippen LogP contribution is -2.05. The Morgan fingerprint density at radius 2 is 1.50 bits per heavy atom. The van der Waals surface area contributed by atoms with Crippen molar-refractivity contribution in [2.45, 2.75) is 54.4 Å².